The summed E-state index contributed by atoms with van der Waals surface area (Å²) >= 11 is 0. The fraction of sp³-hybridized carbons (Fsp3) is 0.316. The van der Waals surface area contributed by atoms with Crippen LogP contribution in [0, 0.1) is 12.7 Å². The number of hydrogen-bond donors (Lipinski definition) is 2. The van der Waals surface area contributed by atoms with E-state index in [4.69, 9.17) is 10.5 Å². The van der Waals surface area contributed by atoms with E-state index in [0.29, 0.717) is 17.0 Å². The van der Waals surface area contributed by atoms with Gasteiger partial charge in [0.05, 0.1) is 6.54 Å². The molecule has 25 heavy (non-hydrogen) atoms. The van der Waals surface area contributed by atoms with Crippen LogP contribution in [0.5, 0.6) is 11.5 Å². The third-order valence-corrected chi connectivity index (χ3v) is 3.80. The van der Waals surface area contributed by atoms with Crippen molar-refractivity contribution in [2.24, 2.45) is 0 Å². The van der Waals surface area contributed by atoms with Crippen LogP contribution in [0.1, 0.15) is 31.9 Å². The summed E-state index contributed by atoms with van der Waals surface area (Å²) in [6, 6.07) is 9.49. The predicted octanol–water partition coefficient (Wildman–Crippen LogP) is 4.79. The largest absolute Gasteiger partial charge is 0.465 e. The Kier molecular flexibility index (Phi) is 5.21. The van der Waals surface area contributed by atoms with Crippen molar-refractivity contribution in [1.82, 2.24) is 4.90 Å². The van der Waals surface area contributed by atoms with Crippen molar-refractivity contribution in [2.45, 2.75) is 39.8 Å². The number of halogens is 1. The number of nitrogens with two attached hydrogens (primary N) is 1. The topological polar surface area (TPSA) is 75.8 Å². The number of amides is 1. The Morgan fingerprint density at radius 1 is 1.24 bits per heavy atom. The molecule has 5 nitrogen and oxygen atoms in total. The molecule has 0 bridgehead atoms. The molecule has 2 aromatic rings. The van der Waals surface area contributed by atoms with Crippen molar-refractivity contribution in [2.75, 3.05) is 5.73 Å². The molecule has 134 valence electrons. The molecule has 0 unspecified atom stereocenters. The van der Waals surface area contributed by atoms with Crippen molar-refractivity contribution < 1.29 is 19.0 Å². The van der Waals surface area contributed by atoms with E-state index in [1.54, 1.807) is 51.1 Å². The van der Waals surface area contributed by atoms with Crippen LogP contribution in [0.15, 0.2) is 36.4 Å². The molecule has 0 aliphatic heterocycles. The first-order valence-corrected chi connectivity index (χ1v) is 7.91. The lowest BCUT2D eigenvalue weighted by atomic mass is 10.0. The minimum Gasteiger partial charge on any atom is -0.465 e. The second kappa shape index (κ2) is 7.01. The number of carboxylic acid groups (broad SMARTS) is 1. The molecule has 0 aromatic heterocycles. The highest BCUT2D eigenvalue weighted by Crippen LogP contribution is 2.29. The summed E-state index contributed by atoms with van der Waals surface area (Å²) in [5.41, 5.74) is 7.32. The Hall–Kier alpha value is -2.76. The van der Waals surface area contributed by atoms with Crippen LogP contribution in [0.4, 0.5) is 14.9 Å². The van der Waals surface area contributed by atoms with Gasteiger partial charge >= 0.3 is 6.09 Å². The third kappa shape index (κ3) is 4.62. The van der Waals surface area contributed by atoms with Crippen LogP contribution in [-0.2, 0) is 6.54 Å². The first-order chi connectivity index (χ1) is 11.6. The maximum absolute atomic E-state index is 13.9. The van der Waals surface area contributed by atoms with E-state index in [1.165, 1.54) is 11.0 Å². The van der Waals surface area contributed by atoms with Gasteiger partial charge in [0.2, 0.25) is 0 Å². The van der Waals surface area contributed by atoms with Crippen molar-refractivity contribution in [3.63, 3.8) is 0 Å². The summed E-state index contributed by atoms with van der Waals surface area (Å²) in [7, 11) is 0. The zero-order valence-corrected chi connectivity index (χ0v) is 14.8. The fourth-order valence-corrected chi connectivity index (χ4v) is 2.36. The smallest absolute Gasteiger partial charge is 0.408 e. The summed E-state index contributed by atoms with van der Waals surface area (Å²) < 4.78 is 19.5. The van der Waals surface area contributed by atoms with E-state index in [0.717, 1.165) is 5.56 Å². The highest BCUT2D eigenvalue weighted by Gasteiger charge is 2.26. The van der Waals surface area contributed by atoms with Gasteiger partial charge in [-0.2, -0.15) is 0 Å². The van der Waals surface area contributed by atoms with Crippen molar-refractivity contribution in [3.8, 4) is 11.5 Å². The number of nitrogen functional groups attached to an aromatic ring is 1. The highest BCUT2D eigenvalue weighted by molar-refractivity contribution is 5.66. The number of carbonyl (C=O) groups is 1. The first-order valence-electron chi connectivity index (χ1n) is 7.91. The highest BCUT2D eigenvalue weighted by atomic mass is 19.1. The lowest BCUT2D eigenvalue weighted by Crippen LogP contribution is -2.44. The lowest BCUT2D eigenvalue weighted by molar-refractivity contribution is 0.0956. The van der Waals surface area contributed by atoms with Crippen molar-refractivity contribution in [1.29, 1.82) is 0 Å². The Morgan fingerprint density at radius 3 is 2.52 bits per heavy atom. The van der Waals surface area contributed by atoms with Crippen LogP contribution in [0.3, 0.4) is 0 Å². The average molecular weight is 346 g/mol. The van der Waals surface area contributed by atoms with E-state index in [9.17, 15) is 14.3 Å². The van der Waals surface area contributed by atoms with Gasteiger partial charge in [-0.05, 0) is 69.2 Å². The van der Waals surface area contributed by atoms with E-state index >= 15 is 0 Å². The molecular weight excluding hydrogens is 323 g/mol. The van der Waals surface area contributed by atoms with Gasteiger partial charge in [-0.1, -0.05) is 6.07 Å². The normalized spacial score (nSPS) is 11.2. The molecule has 3 N–H and O–H groups in total. The maximum Gasteiger partial charge on any atom is 0.408 e. The zero-order valence-electron chi connectivity index (χ0n) is 14.8. The Bertz CT molecular complexity index is 785. The predicted molar refractivity (Wildman–Crippen MR) is 95.4 cm³/mol. The summed E-state index contributed by atoms with van der Waals surface area (Å²) in [4.78, 5) is 12.8. The van der Waals surface area contributed by atoms with Gasteiger partial charge in [-0.15, -0.1) is 0 Å². The van der Waals surface area contributed by atoms with Crippen LogP contribution >= 0.6 is 0 Å². The minimum absolute atomic E-state index is 0.109. The number of rotatable bonds is 4. The summed E-state index contributed by atoms with van der Waals surface area (Å²) in [6.45, 7) is 7.37. The molecular formula is C19H23FN2O3. The third-order valence-electron chi connectivity index (χ3n) is 3.80. The van der Waals surface area contributed by atoms with Gasteiger partial charge < -0.3 is 15.6 Å². The SMILES string of the molecule is Cc1ccc(F)c(Oc2ccc(N)c(CN(C(=O)O)C(C)(C)C)c2)c1. The van der Waals surface area contributed by atoms with Gasteiger partial charge in [0.15, 0.2) is 11.6 Å². The second-order valence-electron chi connectivity index (χ2n) is 6.94. The molecule has 1 amide bonds. The van der Waals surface area contributed by atoms with Crippen molar-refractivity contribution in [3.05, 3.63) is 53.3 Å². The van der Waals surface area contributed by atoms with Crippen LogP contribution in [0.2, 0.25) is 0 Å². The number of nitrogens with zero attached hydrogens (tertiary/aromatic N) is 1. The van der Waals surface area contributed by atoms with Crippen molar-refractivity contribution >= 4 is 11.8 Å². The minimum atomic E-state index is -1.04. The molecule has 0 heterocycles. The van der Waals surface area contributed by atoms with E-state index in [1.807, 2.05) is 6.92 Å². The average Bonchev–Trinajstić information content (AvgIpc) is 2.49. The van der Waals surface area contributed by atoms with Gasteiger partial charge in [0, 0.05) is 11.2 Å². The lowest BCUT2D eigenvalue weighted by Gasteiger charge is -2.33. The number of ether oxygens (including phenoxy) is 1. The molecule has 6 heteroatoms. The van der Waals surface area contributed by atoms with E-state index in [2.05, 4.69) is 0 Å². The molecule has 2 rings (SSSR count). The van der Waals surface area contributed by atoms with Crippen LogP contribution < -0.4 is 10.5 Å². The van der Waals surface area contributed by atoms with Gasteiger partial charge in [0.25, 0.3) is 0 Å². The number of aryl methyl sites for hydroxylation is 1. The molecule has 0 aliphatic rings. The first kappa shape index (κ1) is 18.6. The number of hydrogen-bond acceptors (Lipinski definition) is 3. The fourth-order valence-electron chi connectivity index (χ4n) is 2.36. The number of anilines is 1. The molecule has 0 fully saturated rings. The summed E-state index contributed by atoms with van der Waals surface area (Å²) in [5, 5.41) is 9.44. The second-order valence-corrected chi connectivity index (χ2v) is 6.94. The van der Waals surface area contributed by atoms with Crippen LogP contribution in [0.25, 0.3) is 0 Å². The molecule has 0 saturated carbocycles. The summed E-state index contributed by atoms with van der Waals surface area (Å²) in [6.07, 6.45) is -1.04. The molecule has 0 saturated heterocycles. The van der Waals surface area contributed by atoms with Gasteiger partial charge in [-0.25, -0.2) is 9.18 Å². The Balaban J connectivity index is 2.31. The van der Waals surface area contributed by atoms with Gasteiger partial charge in [0.1, 0.15) is 5.75 Å². The molecule has 0 spiro atoms. The quantitative estimate of drug-likeness (QED) is 0.781. The van der Waals surface area contributed by atoms with E-state index in [-0.39, 0.29) is 12.3 Å². The van der Waals surface area contributed by atoms with Crippen LogP contribution in [-0.4, -0.2) is 21.6 Å². The molecule has 0 radical (unpaired) electrons. The molecule has 0 atom stereocenters. The summed E-state index contributed by atoms with van der Waals surface area (Å²) in [5.74, 6) is 0.0420. The monoisotopic (exact) mass is 346 g/mol. The Labute approximate surface area is 146 Å². The molecule has 0 aliphatic carbocycles. The number of benzene rings is 2. The Morgan fingerprint density at radius 2 is 1.92 bits per heavy atom. The van der Waals surface area contributed by atoms with E-state index < -0.39 is 17.4 Å². The standard InChI is InChI=1S/C19H23FN2O3/c1-12-5-7-15(20)17(9-12)25-14-6-8-16(21)13(10-14)11-22(18(23)24)19(2,3)4/h5-10H,11,21H2,1-4H3,(H,23,24). The van der Waals surface area contributed by atoms with Gasteiger partial charge in [-0.3, -0.25) is 4.90 Å². The molecule has 2 aromatic carbocycles. The maximum atomic E-state index is 13.9. The zero-order chi connectivity index (χ0) is 18.8.